The molecule has 0 amide bonds. The van der Waals surface area contributed by atoms with Crippen LogP contribution in [0.2, 0.25) is 0 Å². The van der Waals surface area contributed by atoms with E-state index in [0.29, 0.717) is 28.1 Å². The lowest BCUT2D eigenvalue weighted by molar-refractivity contribution is -0.287. The van der Waals surface area contributed by atoms with Gasteiger partial charge in [-0.15, -0.1) is 0 Å². The van der Waals surface area contributed by atoms with Gasteiger partial charge in [-0.2, -0.15) is 0 Å². The number of aromatic nitrogens is 1. The average molecular weight is 501 g/mol. The first-order valence-electron chi connectivity index (χ1n) is 11.2. The molecule has 1 aliphatic heterocycles. The highest BCUT2D eigenvalue weighted by Gasteiger charge is 2.43. The second kappa shape index (κ2) is 11.2. The van der Waals surface area contributed by atoms with Crippen LogP contribution in [0.15, 0.2) is 53.1 Å². The summed E-state index contributed by atoms with van der Waals surface area (Å²) in [5, 5.41) is 52.6. The summed E-state index contributed by atoms with van der Waals surface area (Å²) >= 11 is 0. The summed E-state index contributed by atoms with van der Waals surface area (Å²) in [5.74, 6) is 0.145. The number of aliphatic hydroxyl groups is 5. The molecule has 5 atom stereocenters. The summed E-state index contributed by atoms with van der Waals surface area (Å²) in [6.45, 7) is -0.573. The van der Waals surface area contributed by atoms with Crippen molar-refractivity contribution in [2.24, 2.45) is 0 Å². The van der Waals surface area contributed by atoms with E-state index in [1.807, 2.05) is 0 Å². The lowest BCUT2D eigenvalue weighted by Crippen LogP contribution is -2.58. The number of methoxy groups -OCH3 is 1. The van der Waals surface area contributed by atoms with Gasteiger partial charge in [-0.05, 0) is 23.3 Å². The van der Waals surface area contributed by atoms with Gasteiger partial charge in [0.15, 0.2) is 12.1 Å². The van der Waals surface area contributed by atoms with Crippen LogP contribution in [0.4, 0.5) is 0 Å². The minimum atomic E-state index is -1.73. The summed E-state index contributed by atoms with van der Waals surface area (Å²) < 4.78 is 21.0. The zero-order chi connectivity index (χ0) is 25.8. The molecule has 1 fully saturated rings. The molecule has 36 heavy (non-hydrogen) atoms. The Labute approximate surface area is 206 Å². The molecule has 0 bridgehead atoms. The third kappa shape index (κ3) is 5.41. The van der Waals surface area contributed by atoms with Crippen LogP contribution in [-0.2, 0) is 27.3 Å². The highest BCUT2D eigenvalue weighted by molar-refractivity contribution is 5.85. The normalized spacial score (nSPS) is 23.9. The standard InChI is InChI=1S/C25H27NO10/c1-33-16-8-6-14(7-9-16)20-17(36-26-21(20)15-4-2-13(11-27)3-5-15)10-19(28)34-12-18-22(29)23(30)24(31)25(32)35-18/h2-9,18,22-25,27,29-32H,10-12H2,1H3. The highest BCUT2D eigenvalue weighted by Crippen LogP contribution is 2.36. The fourth-order valence-corrected chi connectivity index (χ4v) is 3.89. The summed E-state index contributed by atoms with van der Waals surface area (Å²) in [7, 11) is 1.55. The quantitative estimate of drug-likeness (QED) is 0.270. The number of rotatable bonds is 8. The topological polar surface area (TPSA) is 172 Å². The minimum absolute atomic E-state index is 0.103. The fourth-order valence-electron chi connectivity index (χ4n) is 3.89. The molecule has 1 saturated heterocycles. The largest absolute Gasteiger partial charge is 0.497 e. The predicted octanol–water partition coefficient (Wildman–Crippen LogP) is 0.395. The molecule has 5 N–H and O–H groups in total. The van der Waals surface area contributed by atoms with Crippen molar-refractivity contribution in [1.29, 1.82) is 0 Å². The Morgan fingerprint density at radius 1 is 0.944 bits per heavy atom. The van der Waals surface area contributed by atoms with Gasteiger partial charge in [0.25, 0.3) is 0 Å². The molecule has 0 aliphatic carbocycles. The SMILES string of the molecule is COc1ccc(-c2c(-c3ccc(CO)cc3)noc2CC(=O)OCC2OC(O)C(O)C(O)C2O)cc1. The number of carbonyl (C=O) groups excluding carboxylic acids is 1. The van der Waals surface area contributed by atoms with E-state index in [0.717, 1.165) is 5.56 Å². The number of ether oxygens (including phenoxy) is 3. The highest BCUT2D eigenvalue weighted by atomic mass is 16.6. The molecular weight excluding hydrogens is 474 g/mol. The van der Waals surface area contributed by atoms with E-state index in [-0.39, 0.29) is 18.8 Å². The number of nitrogens with zero attached hydrogens (tertiary/aromatic N) is 1. The maximum atomic E-state index is 12.6. The van der Waals surface area contributed by atoms with Gasteiger partial charge in [0.1, 0.15) is 48.9 Å². The molecule has 2 heterocycles. The van der Waals surface area contributed by atoms with Crippen molar-refractivity contribution in [1.82, 2.24) is 5.16 Å². The van der Waals surface area contributed by atoms with E-state index in [4.69, 9.17) is 18.7 Å². The summed E-state index contributed by atoms with van der Waals surface area (Å²) in [4.78, 5) is 12.6. The van der Waals surface area contributed by atoms with Gasteiger partial charge in [-0.3, -0.25) is 4.79 Å². The van der Waals surface area contributed by atoms with Gasteiger partial charge < -0.3 is 44.3 Å². The number of carbonyl (C=O) groups is 1. The fraction of sp³-hybridized carbons (Fsp3) is 0.360. The van der Waals surface area contributed by atoms with Crippen molar-refractivity contribution < 1.29 is 49.1 Å². The monoisotopic (exact) mass is 501 g/mol. The van der Waals surface area contributed by atoms with Crippen molar-refractivity contribution >= 4 is 5.97 Å². The van der Waals surface area contributed by atoms with Crippen molar-refractivity contribution in [2.75, 3.05) is 13.7 Å². The van der Waals surface area contributed by atoms with E-state index < -0.39 is 43.3 Å². The molecule has 11 heteroatoms. The lowest BCUT2D eigenvalue weighted by atomic mass is 9.97. The Balaban J connectivity index is 1.55. The first-order chi connectivity index (χ1) is 17.3. The third-order valence-corrected chi connectivity index (χ3v) is 5.95. The van der Waals surface area contributed by atoms with Crippen molar-refractivity contribution in [3.63, 3.8) is 0 Å². The van der Waals surface area contributed by atoms with Crippen molar-refractivity contribution in [3.8, 4) is 28.1 Å². The first kappa shape index (κ1) is 25.8. The van der Waals surface area contributed by atoms with Gasteiger partial charge >= 0.3 is 5.97 Å². The average Bonchev–Trinajstić information content (AvgIpc) is 3.32. The molecule has 3 aromatic rings. The number of hydrogen-bond donors (Lipinski definition) is 5. The lowest BCUT2D eigenvalue weighted by Gasteiger charge is -2.37. The zero-order valence-corrected chi connectivity index (χ0v) is 19.4. The summed E-state index contributed by atoms with van der Waals surface area (Å²) in [5.41, 5.74) is 3.20. The van der Waals surface area contributed by atoms with Crippen LogP contribution < -0.4 is 4.74 Å². The summed E-state index contributed by atoms with van der Waals surface area (Å²) in [6, 6.07) is 14.2. The van der Waals surface area contributed by atoms with Gasteiger partial charge in [-0.1, -0.05) is 41.6 Å². The predicted molar refractivity (Wildman–Crippen MR) is 123 cm³/mol. The molecular formula is C25H27NO10. The van der Waals surface area contributed by atoms with Crippen LogP contribution in [0.3, 0.4) is 0 Å². The maximum Gasteiger partial charge on any atom is 0.313 e. The Morgan fingerprint density at radius 3 is 2.25 bits per heavy atom. The van der Waals surface area contributed by atoms with Crippen LogP contribution in [0.1, 0.15) is 11.3 Å². The smallest absolute Gasteiger partial charge is 0.313 e. The second-order valence-corrected chi connectivity index (χ2v) is 8.31. The third-order valence-electron chi connectivity index (χ3n) is 5.95. The molecule has 2 aromatic carbocycles. The van der Waals surface area contributed by atoms with Crippen molar-refractivity contribution in [3.05, 3.63) is 59.9 Å². The number of esters is 1. The minimum Gasteiger partial charge on any atom is -0.497 e. The molecule has 1 aliphatic rings. The van der Waals surface area contributed by atoms with E-state index in [1.54, 1.807) is 55.6 Å². The van der Waals surface area contributed by atoms with E-state index >= 15 is 0 Å². The van der Waals surface area contributed by atoms with E-state index in [2.05, 4.69) is 5.16 Å². The van der Waals surface area contributed by atoms with Gasteiger partial charge in [0.05, 0.1) is 19.3 Å². The molecule has 4 rings (SSSR count). The zero-order valence-electron chi connectivity index (χ0n) is 19.4. The van der Waals surface area contributed by atoms with Crippen LogP contribution >= 0.6 is 0 Å². The molecule has 0 radical (unpaired) electrons. The van der Waals surface area contributed by atoms with Gasteiger partial charge in [0.2, 0.25) is 0 Å². The Kier molecular flexibility index (Phi) is 7.99. The molecule has 11 nitrogen and oxygen atoms in total. The van der Waals surface area contributed by atoms with Gasteiger partial charge in [0, 0.05) is 5.56 Å². The first-order valence-corrected chi connectivity index (χ1v) is 11.2. The summed E-state index contributed by atoms with van der Waals surface area (Å²) in [6.07, 6.45) is -8.18. The van der Waals surface area contributed by atoms with Crippen molar-refractivity contribution in [2.45, 2.75) is 43.7 Å². The number of hydrogen-bond acceptors (Lipinski definition) is 11. The number of aliphatic hydroxyl groups excluding tert-OH is 5. The van der Waals surface area contributed by atoms with Gasteiger partial charge in [-0.25, -0.2) is 0 Å². The molecule has 1 aromatic heterocycles. The Bertz CT molecular complexity index is 1160. The van der Waals surface area contributed by atoms with Crippen LogP contribution in [0, 0.1) is 0 Å². The Morgan fingerprint density at radius 2 is 1.61 bits per heavy atom. The van der Waals surface area contributed by atoms with Crippen LogP contribution in [0.25, 0.3) is 22.4 Å². The molecule has 0 saturated carbocycles. The molecule has 5 unspecified atom stereocenters. The number of benzene rings is 2. The second-order valence-electron chi connectivity index (χ2n) is 8.31. The van der Waals surface area contributed by atoms with Crippen LogP contribution in [0.5, 0.6) is 5.75 Å². The van der Waals surface area contributed by atoms with E-state index in [9.17, 15) is 30.3 Å². The van der Waals surface area contributed by atoms with Crippen LogP contribution in [-0.4, -0.2) is 81.1 Å². The van der Waals surface area contributed by atoms with E-state index in [1.165, 1.54) is 0 Å². The Hall–Kier alpha value is -3.32. The maximum absolute atomic E-state index is 12.6. The molecule has 192 valence electrons. The molecule has 0 spiro atoms.